The van der Waals surface area contributed by atoms with Gasteiger partial charge < -0.3 is 4.42 Å². The summed E-state index contributed by atoms with van der Waals surface area (Å²) in [4.78, 5) is 11.5. The minimum atomic E-state index is 0.117. The molecule has 2 heteroatoms. The van der Waals surface area contributed by atoms with Gasteiger partial charge in [-0.2, -0.15) is 0 Å². The summed E-state index contributed by atoms with van der Waals surface area (Å²) in [5, 5.41) is 0. The lowest BCUT2D eigenvalue weighted by Gasteiger charge is -2.06. The van der Waals surface area contributed by atoms with Crippen molar-refractivity contribution in [3.63, 3.8) is 0 Å². The van der Waals surface area contributed by atoms with Crippen LogP contribution in [0.3, 0.4) is 0 Å². The highest BCUT2D eigenvalue weighted by Crippen LogP contribution is 2.14. The molecule has 0 amide bonds. The second-order valence-corrected chi connectivity index (χ2v) is 3.50. The highest BCUT2D eigenvalue weighted by atomic mass is 16.3. The van der Waals surface area contributed by atoms with Gasteiger partial charge in [-0.1, -0.05) is 26.7 Å². The van der Waals surface area contributed by atoms with Crippen molar-refractivity contribution in [3.8, 4) is 0 Å². The third-order valence-corrected chi connectivity index (χ3v) is 2.11. The Morgan fingerprint density at radius 1 is 1.62 bits per heavy atom. The lowest BCUT2D eigenvalue weighted by molar-refractivity contribution is 0.0935. The van der Waals surface area contributed by atoms with Crippen LogP contribution in [0, 0.1) is 5.92 Å². The summed E-state index contributed by atoms with van der Waals surface area (Å²) >= 11 is 0. The standard InChI is InChI=1S/C11H16O2/c1-3-5-9(2)8-10(12)11-6-4-7-13-11/h4,6-7,9H,3,5,8H2,1-2H3. The van der Waals surface area contributed by atoms with Crippen molar-refractivity contribution in [2.24, 2.45) is 5.92 Å². The molecule has 0 aliphatic rings. The van der Waals surface area contributed by atoms with E-state index in [0.29, 0.717) is 18.1 Å². The van der Waals surface area contributed by atoms with E-state index in [9.17, 15) is 4.79 Å². The lowest BCUT2D eigenvalue weighted by Crippen LogP contribution is -2.04. The number of hydrogen-bond acceptors (Lipinski definition) is 2. The molecule has 0 saturated carbocycles. The van der Waals surface area contributed by atoms with Gasteiger partial charge in [0.25, 0.3) is 0 Å². The Kier molecular flexibility index (Phi) is 3.74. The SMILES string of the molecule is CCCC(C)CC(=O)c1ccco1. The van der Waals surface area contributed by atoms with Gasteiger partial charge in [-0.05, 0) is 18.1 Å². The van der Waals surface area contributed by atoms with E-state index in [-0.39, 0.29) is 5.78 Å². The number of Topliss-reactive ketones (excluding diaryl/α,β-unsaturated/α-hetero) is 1. The maximum atomic E-state index is 11.5. The maximum absolute atomic E-state index is 11.5. The molecule has 0 spiro atoms. The van der Waals surface area contributed by atoms with Gasteiger partial charge in [0.1, 0.15) is 0 Å². The summed E-state index contributed by atoms with van der Waals surface area (Å²) in [7, 11) is 0. The van der Waals surface area contributed by atoms with Crippen molar-refractivity contribution < 1.29 is 9.21 Å². The zero-order chi connectivity index (χ0) is 9.68. The summed E-state index contributed by atoms with van der Waals surface area (Å²) in [6.07, 6.45) is 4.37. The first kappa shape index (κ1) is 10.0. The molecule has 2 nitrogen and oxygen atoms in total. The lowest BCUT2D eigenvalue weighted by atomic mass is 9.99. The van der Waals surface area contributed by atoms with Crippen molar-refractivity contribution in [1.29, 1.82) is 0 Å². The van der Waals surface area contributed by atoms with Gasteiger partial charge in [0.05, 0.1) is 6.26 Å². The van der Waals surface area contributed by atoms with E-state index in [0.717, 1.165) is 12.8 Å². The van der Waals surface area contributed by atoms with Crippen molar-refractivity contribution >= 4 is 5.78 Å². The van der Waals surface area contributed by atoms with E-state index < -0.39 is 0 Å². The fourth-order valence-electron chi connectivity index (χ4n) is 1.45. The molecule has 1 unspecified atom stereocenters. The zero-order valence-corrected chi connectivity index (χ0v) is 8.25. The van der Waals surface area contributed by atoms with Crippen LogP contribution in [0.2, 0.25) is 0 Å². The van der Waals surface area contributed by atoms with Crippen molar-refractivity contribution in [2.45, 2.75) is 33.1 Å². The minimum Gasteiger partial charge on any atom is -0.461 e. The monoisotopic (exact) mass is 180 g/mol. The van der Waals surface area contributed by atoms with Crippen LogP contribution in [-0.4, -0.2) is 5.78 Å². The largest absolute Gasteiger partial charge is 0.461 e. The molecule has 0 aromatic carbocycles. The van der Waals surface area contributed by atoms with Crippen LogP contribution in [0.5, 0.6) is 0 Å². The second-order valence-electron chi connectivity index (χ2n) is 3.50. The van der Waals surface area contributed by atoms with Gasteiger partial charge in [-0.15, -0.1) is 0 Å². The Morgan fingerprint density at radius 2 is 2.38 bits per heavy atom. The molecule has 0 radical (unpaired) electrons. The molecule has 0 aliphatic heterocycles. The molecule has 1 aromatic rings. The van der Waals surface area contributed by atoms with Crippen LogP contribution < -0.4 is 0 Å². The molecule has 1 aromatic heterocycles. The van der Waals surface area contributed by atoms with Gasteiger partial charge in [0.15, 0.2) is 11.5 Å². The summed E-state index contributed by atoms with van der Waals surface area (Å²) in [5.74, 6) is 1.07. The molecule has 0 saturated heterocycles. The molecule has 0 N–H and O–H groups in total. The highest BCUT2D eigenvalue weighted by Gasteiger charge is 2.12. The van der Waals surface area contributed by atoms with Gasteiger partial charge >= 0.3 is 0 Å². The predicted octanol–water partition coefficient (Wildman–Crippen LogP) is 3.29. The second kappa shape index (κ2) is 4.85. The van der Waals surface area contributed by atoms with Gasteiger partial charge in [-0.25, -0.2) is 0 Å². The molecule has 1 heterocycles. The van der Waals surface area contributed by atoms with Crippen LogP contribution in [0.15, 0.2) is 22.8 Å². The average molecular weight is 180 g/mol. The Labute approximate surface area is 78.9 Å². The first-order valence-corrected chi connectivity index (χ1v) is 4.80. The Morgan fingerprint density at radius 3 is 2.92 bits per heavy atom. The summed E-state index contributed by atoms with van der Waals surface area (Å²) < 4.78 is 5.02. The van der Waals surface area contributed by atoms with Gasteiger partial charge in [-0.3, -0.25) is 4.79 Å². The van der Waals surface area contributed by atoms with E-state index >= 15 is 0 Å². The minimum absolute atomic E-state index is 0.117. The fourth-order valence-corrected chi connectivity index (χ4v) is 1.45. The summed E-state index contributed by atoms with van der Waals surface area (Å²) in [6, 6.07) is 3.47. The van der Waals surface area contributed by atoms with Crippen LogP contribution in [0.4, 0.5) is 0 Å². The van der Waals surface area contributed by atoms with Crippen LogP contribution in [0.25, 0.3) is 0 Å². The Balaban J connectivity index is 2.42. The predicted molar refractivity (Wildman–Crippen MR) is 51.7 cm³/mol. The maximum Gasteiger partial charge on any atom is 0.198 e. The molecular weight excluding hydrogens is 164 g/mol. The molecular formula is C11H16O2. The van der Waals surface area contributed by atoms with Gasteiger partial charge in [0, 0.05) is 6.42 Å². The normalized spacial score (nSPS) is 12.8. The number of carbonyl (C=O) groups is 1. The zero-order valence-electron chi connectivity index (χ0n) is 8.25. The summed E-state index contributed by atoms with van der Waals surface area (Å²) in [6.45, 7) is 4.23. The molecule has 1 rings (SSSR count). The molecule has 72 valence electrons. The fraction of sp³-hybridized carbons (Fsp3) is 0.545. The molecule has 0 bridgehead atoms. The molecule has 0 fully saturated rings. The van der Waals surface area contributed by atoms with Crippen molar-refractivity contribution in [3.05, 3.63) is 24.2 Å². The first-order chi connectivity index (χ1) is 6.24. The number of ketones is 1. The Hall–Kier alpha value is -1.05. The highest BCUT2D eigenvalue weighted by molar-refractivity contribution is 5.93. The third-order valence-electron chi connectivity index (χ3n) is 2.11. The number of furan rings is 1. The molecule has 1 atom stereocenters. The third kappa shape index (κ3) is 3.05. The van der Waals surface area contributed by atoms with Crippen molar-refractivity contribution in [2.75, 3.05) is 0 Å². The number of hydrogen-bond donors (Lipinski definition) is 0. The van der Waals surface area contributed by atoms with Crippen molar-refractivity contribution in [1.82, 2.24) is 0 Å². The van der Waals surface area contributed by atoms with E-state index in [1.54, 1.807) is 12.1 Å². The van der Waals surface area contributed by atoms with Gasteiger partial charge in [0.2, 0.25) is 0 Å². The molecule has 0 aliphatic carbocycles. The average Bonchev–Trinajstić information content (AvgIpc) is 2.55. The summed E-state index contributed by atoms with van der Waals surface area (Å²) in [5.41, 5.74) is 0. The van der Waals surface area contributed by atoms with E-state index in [1.807, 2.05) is 0 Å². The Bertz CT molecular complexity index is 249. The quantitative estimate of drug-likeness (QED) is 0.651. The first-order valence-electron chi connectivity index (χ1n) is 4.80. The molecule has 13 heavy (non-hydrogen) atoms. The van der Waals surface area contributed by atoms with Crippen LogP contribution >= 0.6 is 0 Å². The van der Waals surface area contributed by atoms with E-state index in [2.05, 4.69) is 13.8 Å². The van der Waals surface area contributed by atoms with E-state index in [1.165, 1.54) is 6.26 Å². The van der Waals surface area contributed by atoms with Crippen LogP contribution in [0.1, 0.15) is 43.7 Å². The topological polar surface area (TPSA) is 30.2 Å². The van der Waals surface area contributed by atoms with Crippen LogP contribution in [-0.2, 0) is 0 Å². The smallest absolute Gasteiger partial charge is 0.198 e. The van der Waals surface area contributed by atoms with E-state index in [4.69, 9.17) is 4.42 Å². The number of rotatable bonds is 5. The number of carbonyl (C=O) groups excluding carboxylic acids is 1.